The summed E-state index contributed by atoms with van der Waals surface area (Å²) in [7, 11) is -6.15. The predicted octanol–water partition coefficient (Wildman–Crippen LogP) is 3.28. The molecule has 0 saturated heterocycles. The highest BCUT2D eigenvalue weighted by molar-refractivity contribution is 7.59. The monoisotopic (exact) mass is 249 g/mol. The Morgan fingerprint density at radius 3 is 1.33 bits per heavy atom. The fourth-order valence-electron chi connectivity index (χ4n) is 1.41. The third-order valence-corrected chi connectivity index (χ3v) is 5.75. The number of hydrogen-bond acceptors (Lipinski definition) is 1. The highest BCUT2D eigenvalue weighted by Crippen LogP contribution is 2.44. The van der Waals surface area contributed by atoms with Crippen molar-refractivity contribution in [2.75, 3.05) is 12.7 Å². The second-order valence-corrected chi connectivity index (χ2v) is 7.88. The lowest BCUT2D eigenvalue weighted by Crippen LogP contribution is -2.12. The normalized spacial score (nSPS) is 12.0. The highest BCUT2D eigenvalue weighted by Gasteiger charge is 2.22. The van der Waals surface area contributed by atoms with E-state index < -0.39 is 7.25 Å². The quantitative estimate of drug-likeness (QED) is 0.461. The van der Waals surface area contributed by atoms with E-state index in [-0.39, 0.29) is 7.92 Å². The van der Waals surface area contributed by atoms with Crippen molar-refractivity contribution >= 4 is 15.2 Å². The van der Waals surface area contributed by atoms with E-state index in [4.69, 9.17) is 5.73 Å². The first-order valence-electron chi connectivity index (χ1n) is 5.02. The van der Waals surface area contributed by atoms with Gasteiger partial charge in [-0.05, 0) is 27.7 Å². The van der Waals surface area contributed by atoms with Gasteiger partial charge < -0.3 is 23.0 Å². The molecule has 0 fully saturated rings. The molecule has 0 aliphatic carbocycles. The lowest BCUT2D eigenvalue weighted by atomic mass is 10.3. The summed E-state index contributed by atoms with van der Waals surface area (Å²) in [6.07, 6.45) is 1.28. The van der Waals surface area contributed by atoms with Gasteiger partial charge >= 0.3 is 7.25 Å². The molecule has 94 valence electrons. The van der Waals surface area contributed by atoms with Crippen molar-refractivity contribution in [2.45, 2.75) is 39.0 Å². The molecule has 0 aliphatic heterocycles. The Morgan fingerprint density at radius 2 is 1.27 bits per heavy atom. The Balaban J connectivity index is 0. The SMILES string of the molecule is CC(C)[PH+](CCN)C(C)C.F[B-](F)(F)F. The van der Waals surface area contributed by atoms with E-state index in [2.05, 4.69) is 27.7 Å². The summed E-state index contributed by atoms with van der Waals surface area (Å²) in [5, 5.41) is 0. The summed E-state index contributed by atoms with van der Waals surface area (Å²) in [6, 6.07) is 0. The van der Waals surface area contributed by atoms with Crippen molar-refractivity contribution in [3.8, 4) is 0 Å². The van der Waals surface area contributed by atoms with Crippen LogP contribution in [0.4, 0.5) is 17.3 Å². The Bertz CT molecular complexity index is 138. The minimum Gasteiger partial charge on any atom is -0.418 e. The maximum absolute atomic E-state index is 9.75. The Hall–Kier alpha value is 0.175. The molecular weight excluding hydrogens is 228 g/mol. The molecule has 0 radical (unpaired) electrons. The summed E-state index contributed by atoms with van der Waals surface area (Å²) in [5.41, 5.74) is 7.30. The maximum Gasteiger partial charge on any atom is 0.673 e. The first kappa shape index (κ1) is 17.6. The van der Waals surface area contributed by atoms with E-state index in [1.54, 1.807) is 0 Å². The summed E-state index contributed by atoms with van der Waals surface area (Å²) in [4.78, 5) is 0. The van der Waals surface area contributed by atoms with Gasteiger partial charge in [0.2, 0.25) is 0 Å². The van der Waals surface area contributed by atoms with Crippen LogP contribution in [0.2, 0.25) is 0 Å². The predicted molar refractivity (Wildman–Crippen MR) is 62.7 cm³/mol. The Morgan fingerprint density at radius 1 is 1.00 bits per heavy atom. The summed E-state index contributed by atoms with van der Waals surface area (Å²) in [6.45, 7) is 10.2. The molecule has 0 atom stereocenters. The second-order valence-electron chi connectivity index (χ2n) is 3.92. The Kier molecular flexibility index (Phi) is 9.77. The zero-order valence-electron chi connectivity index (χ0n) is 9.74. The number of halogens is 4. The molecule has 2 N–H and O–H groups in total. The molecule has 15 heavy (non-hydrogen) atoms. The fourth-order valence-corrected chi connectivity index (χ4v) is 4.23. The first-order chi connectivity index (χ1) is 6.59. The molecule has 0 aromatic heterocycles. The zero-order valence-corrected chi connectivity index (χ0v) is 10.7. The standard InChI is InChI=1S/C8H20NP.BF4/c1-7(2)10(6-5-9)8(3)4;2-1(3,4)5/h7-8H,5-6,9H2,1-4H3;/q;-1/p+1. The molecule has 0 unspecified atom stereocenters. The lowest BCUT2D eigenvalue weighted by Gasteiger charge is -2.16. The van der Waals surface area contributed by atoms with Crippen LogP contribution in [0.15, 0.2) is 0 Å². The van der Waals surface area contributed by atoms with Crippen LogP contribution in [0.3, 0.4) is 0 Å². The zero-order chi connectivity index (χ0) is 12.6. The van der Waals surface area contributed by atoms with E-state index in [1.807, 2.05) is 0 Å². The largest absolute Gasteiger partial charge is 0.673 e. The van der Waals surface area contributed by atoms with Crippen LogP contribution >= 0.6 is 7.92 Å². The van der Waals surface area contributed by atoms with Crippen LogP contribution in [0.1, 0.15) is 27.7 Å². The molecule has 0 saturated carbocycles. The summed E-state index contributed by atoms with van der Waals surface area (Å²) in [5.74, 6) is 0. The van der Waals surface area contributed by atoms with Gasteiger partial charge in [0.15, 0.2) is 0 Å². The second kappa shape index (κ2) is 8.34. The van der Waals surface area contributed by atoms with Gasteiger partial charge in [-0.3, -0.25) is 0 Å². The average molecular weight is 249 g/mol. The smallest absolute Gasteiger partial charge is 0.418 e. The topological polar surface area (TPSA) is 26.0 Å². The molecule has 0 amide bonds. The Labute approximate surface area is 90.7 Å². The molecule has 0 bridgehead atoms. The van der Waals surface area contributed by atoms with E-state index in [9.17, 15) is 17.3 Å². The van der Waals surface area contributed by atoms with Crippen LogP contribution in [0.5, 0.6) is 0 Å². The summed E-state index contributed by atoms with van der Waals surface area (Å²) < 4.78 is 39.0. The van der Waals surface area contributed by atoms with Crippen LogP contribution < -0.4 is 5.73 Å². The van der Waals surface area contributed by atoms with E-state index >= 15 is 0 Å². The molecule has 1 nitrogen and oxygen atoms in total. The van der Waals surface area contributed by atoms with E-state index in [0.29, 0.717) is 0 Å². The molecule has 7 heteroatoms. The molecular formula is C8H21BF4NP. The molecule has 0 heterocycles. The van der Waals surface area contributed by atoms with E-state index in [0.717, 1.165) is 17.9 Å². The molecule has 0 aliphatic rings. The van der Waals surface area contributed by atoms with Crippen molar-refractivity contribution in [1.29, 1.82) is 0 Å². The first-order valence-corrected chi connectivity index (χ1v) is 6.88. The van der Waals surface area contributed by atoms with Gasteiger partial charge in [0.05, 0.1) is 17.5 Å². The number of hydrogen-bond donors (Lipinski definition) is 1. The molecule has 0 aromatic rings. The van der Waals surface area contributed by atoms with Gasteiger partial charge in [-0.2, -0.15) is 0 Å². The van der Waals surface area contributed by atoms with Crippen LogP contribution in [0.25, 0.3) is 0 Å². The van der Waals surface area contributed by atoms with Crippen molar-refractivity contribution in [2.24, 2.45) is 5.73 Å². The highest BCUT2D eigenvalue weighted by atomic mass is 31.1. The van der Waals surface area contributed by atoms with E-state index in [1.165, 1.54) is 6.16 Å². The van der Waals surface area contributed by atoms with Crippen LogP contribution in [-0.4, -0.2) is 31.3 Å². The minimum absolute atomic E-state index is 0.155. The van der Waals surface area contributed by atoms with Crippen molar-refractivity contribution in [3.05, 3.63) is 0 Å². The van der Waals surface area contributed by atoms with Gasteiger partial charge in [-0.1, -0.05) is 0 Å². The molecule has 0 rings (SSSR count). The van der Waals surface area contributed by atoms with Gasteiger partial charge in [0.1, 0.15) is 0 Å². The van der Waals surface area contributed by atoms with Crippen LogP contribution in [-0.2, 0) is 0 Å². The number of nitrogens with two attached hydrogens (primary N) is 1. The van der Waals surface area contributed by atoms with Crippen molar-refractivity contribution in [3.63, 3.8) is 0 Å². The third-order valence-electron chi connectivity index (χ3n) is 1.92. The van der Waals surface area contributed by atoms with Gasteiger partial charge in [-0.25, -0.2) is 0 Å². The molecule has 0 aromatic carbocycles. The van der Waals surface area contributed by atoms with Gasteiger partial charge in [0.25, 0.3) is 0 Å². The molecule has 0 spiro atoms. The average Bonchev–Trinajstić information content (AvgIpc) is 1.95. The third kappa shape index (κ3) is 16.8. The number of rotatable bonds is 4. The minimum atomic E-state index is -6.00. The van der Waals surface area contributed by atoms with Crippen LogP contribution in [0, 0.1) is 0 Å². The fraction of sp³-hybridized carbons (Fsp3) is 1.00. The van der Waals surface area contributed by atoms with Gasteiger partial charge in [-0.15, -0.1) is 0 Å². The lowest BCUT2D eigenvalue weighted by molar-refractivity contribution is 0.368. The summed E-state index contributed by atoms with van der Waals surface area (Å²) >= 11 is 0. The maximum atomic E-state index is 9.75. The van der Waals surface area contributed by atoms with Crippen molar-refractivity contribution < 1.29 is 17.3 Å². The van der Waals surface area contributed by atoms with Gasteiger partial charge in [0, 0.05) is 14.5 Å². The van der Waals surface area contributed by atoms with Crippen molar-refractivity contribution in [1.82, 2.24) is 0 Å².